The number of aliphatic hydroxyl groups excluding tert-OH is 1. The van der Waals surface area contributed by atoms with Crippen molar-refractivity contribution in [1.82, 2.24) is 9.88 Å². The first kappa shape index (κ1) is 21.6. The van der Waals surface area contributed by atoms with Crippen LogP contribution < -0.4 is 4.74 Å². The van der Waals surface area contributed by atoms with Crippen LogP contribution in [0, 0.1) is 13.8 Å². The molecule has 1 fully saturated rings. The second kappa shape index (κ2) is 9.11. The lowest BCUT2D eigenvalue weighted by Gasteiger charge is -2.25. The molecule has 1 aromatic heterocycles. The third-order valence-electron chi connectivity index (χ3n) is 5.56. The summed E-state index contributed by atoms with van der Waals surface area (Å²) in [5.74, 6) is -0.679. The number of nitrogens with zero attached hydrogens (tertiary/aromatic N) is 2. The summed E-state index contributed by atoms with van der Waals surface area (Å²) in [6.07, 6.45) is 6.03. The van der Waals surface area contributed by atoms with Crippen LogP contribution in [0.5, 0.6) is 5.75 Å². The van der Waals surface area contributed by atoms with E-state index >= 15 is 0 Å². The Kier molecular flexibility index (Phi) is 6.55. The minimum Gasteiger partial charge on any atom is -0.507 e. The second-order valence-corrected chi connectivity index (χ2v) is 7.62. The largest absolute Gasteiger partial charge is 0.507 e. The third-order valence-corrected chi connectivity index (χ3v) is 5.56. The number of likely N-dealkylation sites (tertiary alicyclic amines) is 1. The minimum atomic E-state index is -0.654. The first-order valence-electron chi connectivity index (χ1n) is 10.2. The molecule has 0 radical (unpaired) electrons. The zero-order chi connectivity index (χ0) is 21.8. The number of pyridine rings is 1. The predicted octanol–water partition coefficient (Wildman–Crippen LogP) is 4.32. The van der Waals surface area contributed by atoms with Gasteiger partial charge in [0.1, 0.15) is 11.5 Å². The first-order chi connectivity index (χ1) is 14.4. The van der Waals surface area contributed by atoms with Gasteiger partial charge in [-0.2, -0.15) is 0 Å². The van der Waals surface area contributed by atoms with Gasteiger partial charge < -0.3 is 14.7 Å². The molecule has 2 heterocycles. The Labute approximate surface area is 177 Å². The Bertz CT molecular complexity index is 982. The van der Waals surface area contributed by atoms with Crippen LogP contribution in [0.2, 0.25) is 0 Å². The molecule has 1 amide bonds. The highest BCUT2D eigenvalue weighted by atomic mass is 16.5. The maximum atomic E-state index is 13.0. The molecule has 2 aromatic rings. The van der Waals surface area contributed by atoms with Gasteiger partial charge in [0.15, 0.2) is 0 Å². The van der Waals surface area contributed by atoms with Crippen molar-refractivity contribution in [3.8, 4) is 5.75 Å². The topological polar surface area (TPSA) is 79.7 Å². The molecule has 1 unspecified atom stereocenters. The third kappa shape index (κ3) is 3.95. The lowest BCUT2D eigenvalue weighted by molar-refractivity contribution is -0.139. The number of carbonyl (C=O) groups is 2. The van der Waals surface area contributed by atoms with E-state index < -0.39 is 17.7 Å². The molecule has 30 heavy (non-hydrogen) atoms. The van der Waals surface area contributed by atoms with E-state index in [1.54, 1.807) is 42.6 Å². The molecule has 1 aliphatic heterocycles. The fourth-order valence-corrected chi connectivity index (χ4v) is 3.94. The van der Waals surface area contributed by atoms with Gasteiger partial charge in [-0.05, 0) is 61.2 Å². The Morgan fingerprint density at radius 3 is 2.47 bits per heavy atom. The van der Waals surface area contributed by atoms with Crippen molar-refractivity contribution in [3.05, 3.63) is 64.5 Å². The Balaban J connectivity index is 2.16. The number of hydrogen-bond acceptors (Lipinski definition) is 5. The Hall–Kier alpha value is -3.15. The molecule has 0 spiro atoms. The molecule has 158 valence electrons. The van der Waals surface area contributed by atoms with Crippen molar-refractivity contribution in [3.63, 3.8) is 0 Å². The van der Waals surface area contributed by atoms with Gasteiger partial charge in [-0.3, -0.25) is 14.6 Å². The number of aryl methyl sites for hydroxylation is 2. The van der Waals surface area contributed by atoms with Crippen LogP contribution in [0.3, 0.4) is 0 Å². The fourth-order valence-electron chi connectivity index (χ4n) is 3.94. The highest BCUT2D eigenvalue weighted by Crippen LogP contribution is 2.40. The van der Waals surface area contributed by atoms with E-state index in [4.69, 9.17) is 4.74 Å². The summed E-state index contributed by atoms with van der Waals surface area (Å²) >= 11 is 0. The van der Waals surface area contributed by atoms with E-state index in [1.165, 1.54) is 0 Å². The molecule has 0 aliphatic carbocycles. The van der Waals surface area contributed by atoms with Crippen LogP contribution in [0.25, 0.3) is 5.76 Å². The van der Waals surface area contributed by atoms with Crippen LogP contribution in [-0.4, -0.2) is 40.3 Å². The molecular formula is C24H28N2O4. The zero-order valence-electron chi connectivity index (χ0n) is 17.9. The number of carbonyl (C=O) groups excluding carboxylic acids is 2. The molecule has 0 saturated carbocycles. The van der Waals surface area contributed by atoms with Crippen LogP contribution in [0.1, 0.15) is 54.5 Å². The van der Waals surface area contributed by atoms with Gasteiger partial charge in [-0.25, -0.2) is 0 Å². The summed E-state index contributed by atoms with van der Waals surface area (Å²) < 4.78 is 5.35. The van der Waals surface area contributed by atoms with Crippen LogP contribution in [0.4, 0.5) is 0 Å². The average Bonchev–Trinajstić information content (AvgIpc) is 3.00. The standard InChI is InChI=1S/C24H28N2O4/c1-5-6-7-12-26-21(17-8-10-25-11-9-17)20(23(28)24(26)29)22(27)18-13-16(3)19(30-4)14-15(18)2/h8-11,13-14,21,27H,5-7,12H2,1-4H3/b22-20+. The monoisotopic (exact) mass is 408 g/mol. The van der Waals surface area contributed by atoms with Crippen LogP contribution in [-0.2, 0) is 9.59 Å². The fraction of sp³-hybridized carbons (Fsp3) is 0.375. The number of amides is 1. The number of ketones is 1. The first-order valence-corrected chi connectivity index (χ1v) is 10.2. The maximum absolute atomic E-state index is 13.0. The highest BCUT2D eigenvalue weighted by molar-refractivity contribution is 6.46. The molecule has 1 aliphatic rings. The summed E-state index contributed by atoms with van der Waals surface area (Å²) in [5.41, 5.74) is 3.00. The summed E-state index contributed by atoms with van der Waals surface area (Å²) in [5, 5.41) is 11.2. The number of rotatable bonds is 7. The summed E-state index contributed by atoms with van der Waals surface area (Å²) in [7, 11) is 1.59. The maximum Gasteiger partial charge on any atom is 0.295 e. The van der Waals surface area contributed by atoms with Gasteiger partial charge in [0.05, 0.1) is 18.7 Å². The summed E-state index contributed by atoms with van der Waals surface area (Å²) in [4.78, 5) is 31.5. The predicted molar refractivity (Wildman–Crippen MR) is 115 cm³/mol. The number of hydrogen-bond donors (Lipinski definition) is 1. The van der Waals surface area contributed by atoms with Crippen molar-refractivity contribution in [2.75, 3.05) is 13.7 Å². The van der Waals surface area contributed by atoms with Gasteiger partial charge in [0.2, 0.25) is 0 Å². The van der Waals surface area contributed by atoms with E-state index in [9.17, 15) is 14.7 Å². The van der Waals surface area contributed by atoms with Crippen LogP contribution >= 0.6 is 0 Å². The molecule has 3 rings (SSSR count). The second-order valence-electron chi connectivity index (χ2n) is 7.62. The Morgan fingerprint density at radius 2 is 1.83 bits per heavy atom. The molecule has 6 nitrogen and oxygen atoms in total. The van der Waals surface area contributed by atoms with E-state index in [0.29, 0.717) is 17.9 Å². The van der Waals surface area contributed by atoms with Gasteiger partial charge in [-0.15, -0.1) is 0 Å². The van der Waals surface area contributed by atoms with Gasteiger partial charge >= 0.3 is 0 Å². The van der Waals surface area contributed by atoms with Gasteiger partial charge in [-0.1, -0.05) is 19.8 Å². The molecule has 1 atom stereocenters. The van der Waals surface area contributed by atoms with Gasteiger partial charge in [0.25, 0.3) is 11.7 Å². The number of aliphatic hydroxyl groups is 1. The summed E-state index contributed by atoms with van der Waals surface area (Å²) in [6.45, 7) is 6.26. The Morgan fingerprint density at radius 1 is 1.13 bits per heavy atom. The van der Waals surface area contributed by atoms with Crippen molar-refractivity contribution < 1.29 is 19.4 Å². The van der Waals surface area contributed by atoms with E-state index in [1.807, 2.05) is 19.9 Å². The molecule has 1 N–H and O–H groups in total. The lowest BCUT2D eigenvalue weighted by atomic mass is 9.93. The van der Waals surface area contributed by atoms with Crippen molar-refractivity contribution >= 4 is 17.4 Å². The average molecular weight is 408 g/mol. The molecule has 0 bridgehead atoms. The number of methoxy groups -OCH3 is 1. The van der Waals surface area contributed by atoms with E-state index in [2.05, 4.69) is 11.9 Å². The number of aromatic nitrogens is 1. The molecular weight excluding hydrogens is 380 g/mol. The van der Waals surface area contributed by atoms with E-state index in [-0.39, 0.29) is 11.3 Å². The summed E-state index contributed by atoms with van der Waals surface area (Å²) in [6, 6.07) is 6.54. The smallest absolute Gasteiger partial charge is 0.295 e. The SMILES string of the molecule is CCCCCN1C(=O)C(=O)/C(=C(/O)c2cc(C)c(OC)cc2C)C1c1ccncc1. The molecule has 1 aromatic carbocycles. The normalized spacial score (nSPS) is 18.1. The number of unbranched alkanes of at least 4 members (excludes halogenated alkanes) is 2. The van der Waals surface area contributed by atoms with E-state index in [0.717, 1.165) is 36.0 Å². The van der Waals surface area contributed by atoms with Crippen LogP contribution in [0.15, 0.2) is 42.2 Å². The molecule has 1 saturated heterocycles. The number of ether oxygens (including phenoxy) is 1. The van der Waals surface area contributed by atoms with Crippen molar-refractivity contribution in [2.45, 2.75) is 46.1 Å². The lowest BCUT2D eigenvalue weighted by Crippen LogP contribution is -2.30. The quantitative estimate of drug-likeness (QED) is 0.319. The van der Waals surface area contributed by atoms with Crippen molar-refractivity contribution in [1.29, 1.82) is 0 Å². The number of benzene rings is 1. The zero-order valence-corrected chi connectivity index (χ0v) is 17.9. The van der Waals surface area contributed by atoms with Gasteiger partial charge in [0, 0.05) is 24.5 Å². The number of Topliss-reactive ketones (excluding diaryl/α,β-unsaturated/α-hetero) is 1. The minimum absolute atomic E-state index is 0.121. The van der Waals surface area contributed by atoms with Crippen molar-refractivity contribution in [2.24, 2.45) is 0 Å². The molecule has 6 heteroatoms. The highest BCUT2D eigenvalue weighted by Gasteiger charge is 2.45.